The topological polar surface area (TPSA) is 85.3 Å². The molecule has 0 unspecified atom stereocenters. The number of carboxylic acid groups (broad SMARTS) is 1. The Morgan fingerprint density at radius 1 is 0.750 bits per heavy atom. The van der Waals surface area contributed by atoms with Gasteiger partial charge in [0.05, 0.1) is 20.6 Å². The highest BCUT2D eigenvalue weighted by Gasteiger charge is 2.19. The summed E-state index contributed by atoms with van der Waals surface area (Å²) in [5.74, 6) is 1.15. The number of para-hydroxylation sites is 1. The summed E-state index contributed by atoms with van der Waals surface area (Å²) >= 11 is 0. The van der Waals surface area contributed by atoms with Crippen molar-refractivity contribution in [2.75, 3.05) is 20.8 Å². The number of carbonyl (C=O) groups excluding carboxylic acids is 1. The van der Waals surface area contributed by atoms with Crippen LogP contribution < -0.4 is 14.2 Å². The molecule has 206 valence electrons. The average Bonchev–Trinajstić information content (AvgIpc) is 2.98. The lowest BCUT2D eigenvalue weighted by atomic mass is 10.1. The maximum Gasteiger partial charge on any atom is 0.307 e. The molecule has 0 aliphatic carbocycles. The second-order valence-electron chi connectivity index (χ2n) is 9.34. The Balaban J connectivity index is 1.51. The summed E-state index contributed by atoms with van der Waals surface area (Å²) < 4.78 is 16.7. The number of carboxylic acids is 1. The van der Waals surface area contributed by atoms with Gasteiger partial charge in [-0.2, -0.15) is 0 Å². The first-order valence-electron chi connectivity index (χ1n) is 13.1. The van der Waals surface area contributed by atoms with Crippen LogP contribution in [0.25, 0.3) is 0 Å². The number of aliphatic carboxylic acids is 1. The zero-order chi connectivity index (χ0) is 28.3. The Bertz CT molecular complexity index is 1400. The minimum atomic E-state index is -0.919. The fourth-order valence-corrected chi connectivity index (χ4v) is 4.41. The number of methoxy groups -OCH3 is 2. The van der Waals surface area contributed by atoms with E-state index in [-0.39, 0.29) is 12.3 Å². The van der Waals surface area contributed by atoms with E-state index in [1.165, 1.54) is 5.56 Å². The van der Waals surface area contributed by atoms with Gasteiger partial charge in [0, 0.05) is 30.3 Å². The molecule has 0 radical (unpaired) electrons. The fraction of sp³-hybridized carbons (Fsp3) is 0.212. The molecule has 0 saturated carbocycles. The van der Waals surface area contributed by atoms with Gasteiger partial charge in [-0.3, -0.25) is 9.59 Å². The smallest absolute Gasteiger partial charge is 0.307 e. The van der Waals surface area contributed by atoms with Crippen LogP contribution in [0.3, 0.4) is 0 Å². The zero-order valence-corrected chi connectivity index (χ0v) is 22.7. The molecule has 0 fully saturated rings. The van der Waals surface area contributed by atoms with Crippen molar-refractivity contribution < 1.29 is 28.9 Å². The maximum atomic E-state index is 13.7. The van der Waals surface area contributed by atoms with E-state index in [1.54, 1.807) is 50.6 Å². The van der Waals surface area contributed by atoms with Gasteiger partial charge in [0.25, 0.3) is 5.91 Å². The van der Waals surface area contributed by atoms with Gasteiger partial charge in [0.15, 0.2) is 0 Å². The van der Waals surface area contributed by atoms with Crippen molar-refractivity contribution in [2.45, 2.75) is 25.8 Å². The van der Waals surface area contributed by atoms with Crippen LogP contribution in [0.2, 0.25) is 0 Å². The SMILES string of the molecule is COc1cc(OC)cc(C(=O)N(CCCc2ccccc2)Cc2ccc(Oc3ccccc3CC(=O)O)cc2)c1. The van der Waals surface area contributed by atoms with Gasteiger partial charge in [0.2, 0.25) is 0 Å². The van der Waals surface area contributed by atoms with Crippen molar-refractivity contribution in [3.8, 4) is 23.0 Å². The zero-order valence-electron chi connectivity index (χ0n) is 22.7. The second kappa shape index (κ2) is 13.8. The van der Waals surface area contributed by atoms with Gasteiger partial charge in [-0.25, -0.2) is 0 Å². The summed E-state index contributed by atoms with van der Waals surface area (Å²) in [6, 6.07) is 30.0. The number of amides is 1. The molecular weight excluding hydrogens is 506 g/mol. The number of carbonyl (C=O) groups is 2. The second-order valence-corrected chi connectivity index (χ2v) is 9.34. The Kier molecular flexibility index (Phi) is 9.77. The third-order valence-electron chi connectivity index (χ3n) is 6.46. The predicted octanol–water partition coefficient (Wildman–Crippen LogP) is 6.40. The van der Waals surface area contributed by atoms with E-state index in [9.17, 15) is 14.7 Å². The number of rotatable bonds is 13. The molecule has 0 saturated heterocycles. The average molecular weight is 540 g/mol. The van der Waals surface area contributed by atoms with Gasteiger partial charge in [-0.15, -0.1) is 0 Å². The number of aryl methyl sites for hydroxylation is 1. The maximum absolute atomic E-state index is 13.7. The van der Waals surface area contributed by atoms with Gasteiger partial charge in [0.1, 0.15) is 23.0 Å². The van der Waals surface area contributed by atoms with E-state index in [1.807, 2.05) is 53.4 Å². The lowest BCUT2D eigenvalue weighted by Crippen LogP contribution is -2.32. The van der Waals surface area contributed by atoms with Crippen LogP contribution in [0.1, 0.15) is 33.5 Å². The highest BCUT2D eigenvalue weighted by atomic mass is 16.5. The summed E-state index contributed by atoms with van der Waals surface area (Å²) in [5, 5.41) is 9.19. The van der Waals surface area contributed by atoms with Crippen molar-refractivity contribution in [3.05, 3.63) is 119 Å². The molecule has 4 rings (SSSR count). The Morgan fingerprint density at radius 2 is 1.40 bits per heavy atom. The third-order valence-corrected chi connectivity index (χ3v) is 6.46. The van der Waals surface area contributed by atoms with Crippen molar-refractivity contribution in [1.82, 2.24) is 4.90 Å². The lowest BCUT2D eigenvalue weighted by molar-refractivity contribution is -0.136. The largest absolute Gasteiger partial charge is 0.497 e. The monoisotopic (exact) mass is 539 g/mol. The Morgan fingerprint density at radius 3 is 2.05 bits per heavy atom. The Labute approximate surface area is 234 Å². The standard InChI is InChI=1S/C33H33NO6/c1-38-29-19-27(20-30(22-29)39-2)33(37)34(18-8-11-24-9-4-3-5-10-24)23-25-14-16-28(17-15-25)40-31-13-7-6-12-26(31)21-32(35)36/h3-7,9-10,12-17,19-20,22H,8,11,18,21,23H2,1-2H3,(H,35,36). The quantitative estimate of drug-likeness (QED) is 0.212. The van der Waals surface area contributed by atoms with Crippen molar-refractivity contribution in [3.63, 3.8) is 0 Å². The minimum Gasteiger partial charge on any atom is -0.497 e. The first-order chi connectivity index (χ1) is 19.4. The highest BCUT2D eigenvalue weighted by Crippen LogP contribution is 2.27. The molecular formula is C33H33NO6. The van der Waals surface area contributed by atoms with Gasteiger partial charge in [-0.1, -0.05) is 60.7 Å². The molecule has 4 aromatic carbocycles. The molecule has 40 heavy (non-hydrogen) atoms. The van der Waals surface area contributed by atoms with Gasteiger partial charge in [-0.05, 0) is 54.3 Å². The molecule has 0 heterocycles. The number of nitrogens with zero attached hydrogens (tertiary/aromatic N) is 1. The summed E-state index contributed by atoms with van der Waals surface area (Å²) in [6.07, 6.45) is 1.54. The molecule has 1 N–H and O–H groups in total. The Hall–Kier alpha value is -4.78. The normalized spacial score (nSPS) is 10.6. The summed E-state index contributed by atoms with van der Waals surface area (Å²) in [4.78, 5) is 26.7. The summed E-state index contributed by atoms with van der Waals surface area (Å²) in [5.41, 5.74) is 3.26. The van der Waals surface area contributed by atoms with Gasteiger partial charge >= 0.3 is 5.97 Å². The van der Waals surface area contributed by atoms with Gasteiger partial charge < -0.3 is 24.2 Å². The van der Waals surface area contributed by atoms with Crippen molar-refractivity contribution in [2.24, 2.45) is 0 Å². The van der Waals surface area contributed by atoms with E-state index in [0.717, 1.165) is 18.4 Å². The molecule has 0 aliphatic heterocycles. The predicted molar refractivity (Wildman–Crippen MR) is 153 cm³/mol. The van der Waals surface area contributed by atoms with Crippen molar-refractivity contribution >= 4 is 11.9 Å². The van der Waals surface area contributed by atoms with E-state index in [4.69, 9.17) is 14.2 Å². The van der Waals surface area contributed by atoms with Crippen LogP contribution in [0.15, 0.2) is 97.1 Å². The molecule has 7 heteroatoms. The highest BCUT2D eigenvalue weighted by molar-refractivity contribution is 5.95. The molecule has 0 aliphatic rings. The summed E-state index contributed by atoms with van der Waals surface area (Å²) in [7, 11) is 3.12. The number of benzene rings is 4. The molecule has 1 amide bonds. The molecule has 0 bridgehead atoms. The molecule has 0 aromatic heterocycles. The molecule has 4 aromatic rings. The minimum absolute atomic E-state index is 0.117. The van der Waals surface area contributed by atoms with Crippen LogP contribution >= 0.6 is 0 Å². The first-order valence-corrected chi connectivity index (χ1v) is 13.1. The van der Waals surface area contributed by atoms with E-state index in [0.29, 0.717) is 47.2 Å². The van der Waals surface area contributed by atoms with Crippen LogP contribution in [-0.2, 0) is 24.2 Å². The fourth-order valence-electron chi connectivity index (χ4n) is 4.41. The number of hydrogen-bond acceptors (Lipinski definition) is 5. The van der Waals surface area contributed by atoms with E-state index in [2.05, 4.69) is 12.1 Å². The lowest BCUT2D eigenvalue weighted by Gasteiger charge is -2.24. The first kappa shape index (κ1) is 28.2. The number of ether oxygens (including phenoxy) is 3. The van der Waals surface area contributed by atoms with Crippen LogP contribution in [0, 0.1) is 0 Å². The van der Waals surface area contributed by atoms with E-state index < -0.39 is 5.97 Å². The number of hydrogen-bond donors (Lipinski definition) is 1. The molecule has 0 spiro atoms. The van der Waals surface area contributed by atoms with Crippen LogP contribution in [0.5, 0.6) is 23.0 Å². The summed E-state index contributed by atoms with van der Waals surface area (Å²) in [6.45, 7) is 0.969. The molecule has 7 nitrogen and oxygen atoms in total. The van der Waals surface area contributed by atoms with E-state index >= 15 is 0 Å². The van der Waals surface area contributed by atoms with Crippen LogP contribution in [-0.4, -0.2) is 42.6 Å². The van der Waals surface area contributed by atoms with Crippen LogP contribution in [0.4, 0.5) is 0 Å². The molecule has 0 atom stereocenters. The van der Waals surface area contributed by atoms with Crippen molar-refractivity contribution in [1.29, 1.82) is 0 Å². The third kappa shape index (κ3) is 7.86.